The van der Waals surface area contributed by atoms with Crippen LogP contribution in [0, 0.1) is 12.7 Å². The van der Waals surface area contributed by atoms with Gasteiger partial charge in [0.1, 0.15) is 11.5 Å². The van der Waals surface area contributed by atoms with Crippen molar-refractivity contribution in [2.75, 3.05) is 18.1 Å². The molecule has 8 nitrogen and oxygen atoms in total. The number of para-hydroxylation sites is 1. The number of aromatic nitrogens is 2. The van der Waals surface area contributed by atoms with Crippen LogP contribution >= 0.6 is 0 Å². The summed E-state index contributed by atoms with van der Waals surface area (Å²) in [6, 6.07) is 14.6. The smallest absolute Gasteiger partial charge is 0.295 e. The number of nitrogens with one attached hydrogen (secondary N) is 1. The van der Waals surface area contributed by atoms with E-state index in [4.69, 9.17) is 0 Å². The van der Waals surface area contributed by atoms with Crippen molar-refractivity contribution in [2.45, 2.75) is 13.5 Å². The molecule has 0 atom stereocenters. The number of nitrogens with zero attached hydrogens (tertiary/aromatic N) is 3. The number of amides is 1. The molecule has 0 fully saturated rings. The molecule has 1 aromatic heterocycles. The molecule has 0 saturated carbocycles. The minimum absolute atomic E-state index is 0.0516. The number of rotatable bonds is 7. The highest BCUT2D eigenvalue weighted by atomic mass is 32.2. The van der Waals surface area contributed by atoms with E-state index in [1.54, 1.807) is 49.0 Å². The zero-order valence-corrected chi connectivity index (χ0v) is 18.2. The summed E-state index contributed by atoms with van der Waals surface area (Å²) >= 11 is 0. The van der Waals surface area contributed by atoms with Crippen LogP contribution in [0.4, 0.5) is 10.1 Å². The first-order chi connectivity index (χ1) is 14.6. The van der Waals surface area contributed by atoms with Gasteiger partial charge in [-0.05, 0) is 25.1 Å². The molecule has 2 aromatic carbocycles. The Morgan fingerprint density at radius 3 is 2.32 bits per heavy atom. The van der Waals surface area contributed by atoms with Crippen LogP contribution in [-0.4, -0.2) is 40.8 Å². The lowest BCUT2D eigenvalue weighted by Crippen LogP contribution is -2.37. The maximum atomic E-state index is 14.0. The number of carbonyl (C=O) groups is 1. The van der Waals surface area contributed by atoms with Crippen molar-refractivity contribution in [3.63, 3.8) is 0 Å². The zero-order chi connectivity index (χ0) is 22.8. The summed E-state index contributed by atoms with van der Waals surface area (Å²) in [6.07, 6.45) is 0.942. The molecule has 1 N–H and O–H groups in total. The summed E-state index contributed by atoms with van der Waals surface area (Å²) in [6.45, 7) is 0.803. The second kappa shape index (κ2) is 8.86. The Kier molecular flexibility index (Phi) is 6.42. The Labute approximate surface area is 179 Å². The van der Waals surface area contributed by atoms with Crippen molar-refractivity contribution in [1.82, 2.24) is 13.7 Å². The first kappa shape index (κ1) is 22.4. The van der Waals surface area contributed by atoms with Crippen molar-refractivity contribution in [2.24, 2.45) is 7.05 Å². The molecule has 0 aliphatic heterocycles. The van der Waals surface area contributed by atoms with Gasteiger partial charge in [0, 0.05) is 19.2 Å². The van der Waals surface area contributed by atoms with Crippen LogP contribution in [0.5, 0.6) is 0 Å². The monoisotopic (exact) mass is 446 g/mol. The van der Waals surface area contributed by atoms with Crippen LogP contribution in [-0.2, 0) is 28.4 Å². The van der Waals surface area contributed by atoms with E-state index in [0.717, 1.165) is 10.6 Å². The van der Waals surface area contributed by atoms with Gasteiger partial charge in [-0.15, -0.1) is 0 Å². The van der Waals surface area contributed by atoms with Crippen LogP contribution < -0.4 is 10.9 Å². The molecule has 0 radical (unpaired) electrons. The minimum atomic E-state index is -3.82. The fourth-order valence-electron chi connectivity index (χ4n) is 3.16. The number of carbonyl (C=O) groups excluding carboxylic acids is 1. The topological polar surface area (TPSA) is 93.4 Å². The predicted octanol–water partition coefficient (Wildman–Crippen LogP) is 2.02. The summed E-state index contributed by atoms with van der Waals surface area (Å²) < 4.78 is 42.2. The number of sulfonamides is 1. The van der Waals surface area contributed by atoms with Crippen LogP contribution in [0.1, 0.15) is 11.3 Å². The highest BCUT2D eigenvalue weighted by molar-refractivity contribution is 7.88. The lowest BCUT2D eigenvalue weighted by Gasteiger charge is -2.19. The van der Waals surface area contributed by atoms with Gasteiger partial charge in [-0.25, -0.2) is 17.5 Å². The summed E-state index contributed by atoms with van der Waals surface area (Å²) in [5.41, 5.74) is 0.872. The minimum Gasteiger partial charge on any atom is -0.319 e. The molecule has 164 valence electrons. The molecule has 10 heteroatoms. The summed E-state index contributed by atoms with van der Waals surface area (Å²) in [5.74, 6) is -1.27. The van der Waals surface area contributed by atoms with Gasteiger partial charge >= 0.3 is 0 Å². The van der Waals surface area contributed by atoms with Crippen LogP contribution in [0.15, 0.2) is 59.4 Å². The Balaban J connectivity index is 1.85. The lowest BCUT2D eigenvalue weighted by molar-refractivity contribution is -0.116. The van der Waals surface area contributed by atoms with E-state index in [0.29, 0.717) is 11.4 Å². The molecule has 0 bridgehead atoms. The molecule has 1 heterocycles. The molecule has 1 amide bonds. The highest BCUT2D eigenvalue weighted by Gasteiger charge is 2.24. The van der Waals surface area contributed by atoms with Gasteiger partial charge in [-0.1, -0.05) is 36.4 Å². The van der Waals surface area contributed by atoms with Gasteiger partial charge in [0.05, 0.1) is 24.2 Å². The van der Waals surface area contributed by atoms with Crippen molar-refractivity contribution in [3.05, 3.63) is 82.0 Å². The summed E-state index contributed by atoms with van der Waals surface area (Å²) in [5, 5.41) is 2.52. The maximum Gasteiger partial charge on any atom is 0.295 e. The molecule has 0 saturated heterocycles. The molecule has 3 aromatic rings. The van der Waals surface area contributed by atoms with E-state index >= 15 is 0 Å². The standard InChI is InChI=1S/C21H23FN4O4S/c1-15-20(21(28)26(24(15)2)17-10-5-4-6-11-17)23-19(27)14-25(31(3,29)30)13-16-9-7-8-12-18(16)22/h4-12H,13-14H2,1-3H3,(H,23,27). The van der Waals surface area contributed by atoms with Crippen molar-refractivity contribution < 1.29 is 17.6 Å². The SMILES string of the molecule is Cc1c(NC(=O)CN(Cc2ccccc2F)S(C)(=O)=O)c(=O)n(-c2ccccc2)n1C. The van der Waals surface area contributed by atoms with Crippen LogP contribution in [0.2, 0.25) is 0 Å². The van der Waals surface area contributed by atoms with Gasteiger partial charge in [-0.3, -0.25) is 14.3 Å². The van der Waals surface area contributed by atoms with Gasteiger partial charge in [0.15, 0.2) is 0 Å². The van der Waals surface area contributed by atoms with Crippen molar-refractivity contribution >= 4 is 21.6 Å². The first-order valence-electron chi connectivity index (χ1n) is 9.42. The molecule has 0 spiro atoms. The molecule has 0 aliphatic carbocycles. The molecular formula is C21H23FN4O4S. The molecular weight excluding hydrogens is 423 g/mol. The average Bonchev–Trinajstić information content (AvgIpc) is 2.92. The Hall–Kier alpha value is -3.24. The Morgan fingerprint density at radius 1 is 1.10 bits per heavy atom. The van der Waals surface area contributed by atoms with Crippen LogP contribution in [0.3, 0.4) is 0 Å². The fraction of sp³-hybridized carbons (Fsp3) is 0.238. The number of benzene rings is 2. The molecule has 0 aliphatic rings. The van der Waals surface area contributed by atoms with E-state index in [1.165, 1.54) is 22.9 Å². The van der Waals surface area contributed by atoms with E-state index in [1.807, 2.05) is 6.07 Å². The predicted molar refractivity (Wildman–Crippen MR) is 116 cm³/mol. The second-order valence-corrected chi connectivity index (χ2v) is 9.09. The second-order valence-electron chi connectivity index (χ2n) is 7.11. The largest absolute Gasteiger partial charge is 0.319 e. The third kappa shape index (κ3) is 4.92. The van der Waals surface area contributed by atoms with Gasteiger partial charge in [-0.2, -0.15) is 4.31 Å². The number of halogens is 1. The number of anilines is 1. The van der Waals surface area contributed by atoms with Crippen molar-refractivity contribution in [1.29, 1.82) is 0 Å². The third-order valence-corrected chi connectivity index (χ3v) is 6.11. The third-order valence-electron chi connectivity index (χ3n) is 4.91. The Morgan fingerprint density at radius 2 is 1.71 bits per heavy atom. The van der Waals surface area contributed by atoms with Crippen molar-refractivity contribution in [3.8, 4) is 5.69 Å². The lowest BCUT2D eigenvalue weighted by atomic mass is 10.2. The van der Waals surface area contributed by atoms with E-state index in [9.17, 15) is 22.4 Å². The quantitative estimate of drug-likeness (QED) is 0.601. The molecule has 3 rings (SSSR count). The average molecular weight is 447 g/mol. The molecule has 31 heavy (non-hydrogen) atoms. The normalized spacial score (nSPS) is 11.6. The van der Waals surface area contributed by atoms with E-state index in [2.05, 4.69) is 5.32 Å². The zero-order valence-electron chi connectivity index (χ0n) is 17.4. The van der Waals surface area contributed by atoms with E-state index in [-0.39, 0.29) is 17.8 Å². The number of hydrogen-bond donors (Lipinski definition) is 1. The fourth-order valence-corrected chi connectivity index (χ4v) is 3.88. The summed E-state index contributed by atoms with van der Waals surface area (Å²) in [4.78, 5) is 25.5. The van der Waals surface area contributed by atoms with Crippen LogP contribution in [0.25, 0.3) is 5.69 Å². The van der Waals surface area contributed by atoms with E-state index < -0.39 is 33.9 Å². The highest BCUT2D eigenvalue weighted by Crippen LogP contribution is 2.15. The Bertz CT molecular complexity index is 1270. The van der Waals surface area contributed by atoms with Gasteiger partial charge < -0.3 is 5.32 Å². The van der Waals surface area contributed by atoms with Gasteiger partial charge in [0.2, 0.25) is 15.9 Å². The number of hydrogen-bond acceptors (Lipinski definition) is 4. The molecule has 0 unspecified atom stereocenters. The summed E-state index contributed by atoms with van der Waals surface area (Å²) in [7, 11) is -2.14. The first-order valence-corrected chi connectivity index (χ1v) is 11.3. The van der Waals surface area contributed by atoms with Gasteiger partial charge in [0.25, 0.3) is 5.56 Å². The maximum absolute atomic E-state index is 14.0.